The van der Waals surface area contributed by atoms with Crippen LogP contribution < -0.4 is 11.2 Å². The van der Waals surface area contributed by atoms with Crippen molar-refractivity contribution in [1.82, 2.24) is 10.5 Å². The maximum Gasteiger partial charge on any atom is 0.363 e. The number of rotatable bonds is 1. The lowest BCUT2D eigenvalue weighted by molar-refractivity contribution is 0.0335. The monoisotopic (exact) mass is 249 g/mol. The molecule has 8 heteroatoms. The third-order valence-electron chi connectivity index (χ3n) is 1.24. The van der Waals surface area contributed by atoms with Crippen LogP contribution in [0.3, 0.4) is 0 Å². The lowest BCUT2D eigenvalue weighted by Crippen LogP contribution is -2.31. The second-order valence-electron chi connectivity index (χ2n) is 2.36. The Labute approximate surface area is 94.3 Å². The molecule has 0 saturated heterocycles. The molecule has 1 rings (SSSR count). The molecule has 80 valence electrons. The molecular formula is C7H5Cl2N3O3. The minimum atomic E-state index is -0.991. The van der Waals surface area contributed by atoms with E-state index in [9.17, 15) is 9.59 Å². The maximum atomic E-state index is 11.2. The van der Waals surface area contributed by atoms with E-state index in [4.69, 9.17) is 23.2 Å². The summed E-state index contributed by atoms with van der Waals surface area (Å²) in [5.74, 6) is -0.847. The molecule has 15 heavy (non-hydrogen) atoms. The Morgan fingerprint density at radius 2 is 1.87 bits per heavy atom. The summed E-state index contributed by atoms with van der Waals surface area (Å²) in [5, 5.41) is 0.0713. The summed E-state index contributed by atoms with van der Waals surface area (Å²) in [4.78, 5) is 29.4. The summed E-state index contributed by atoms with van der Waals surface area (Å²) in [6, 6.07) is 1.48. The third-order valence-corrected chi connectivity index (χ3v) is 1.63. The summed E-state index contributed by atoms with van der Waals surface area (Å²) in [6.45, 7) is 0. The molecule has 0 fully saturated rings. The standard InChI is InChI=1S/C7H5Cl2N3O3/c8-4-1-3(2-5(9)11-4)6(13)15-12-7(10)14/h1-2H,(H3,10,12,14). The van der Waals surface area contributed by atoms with Gasteiger partial charge in [-0.15, -0.1) is 0 Å². The summed E-state index contributed by atoms with van der Waals surface area (Å²) in [7, 11) is 0. The number of hydrogen-bond acceptors (Lipinski definition) is 4. The van der Waals surface area contributed by atoms with Crippen LogP contribution in [-0.2, 0) is 4.84 Å². The number of nitrogens with two attached hydrogens (primary N) is 1. The highest BCUT2D eigenvalue weighted by molar-refractivity contribution is 6.32. The van der Waals surface area contributed by atoms with Gasteiger partial charge in [-0.2, -0.15) is 5.48 Å². The Morgan fingerprint density at radius 1 is 1.33 bits per heavy atom. The minimum Gasteiger partial charge on any atom is -0.349 e. The first kappa shape index (κ1) is 11.5. The molecule has 0 saturated carbocycles. The van der Waals surface area contributed by atoms with Crippen molar-refractivity contribution in [2.45, 2.75) is 0 Å². The molecule has 0 bridgehead atoms. The molecule has 3 N–H and O–H groups in total. The highest BCUT2D eigenvalue weighted by Crippen LogP contribution is 2.14. The fourth-order valence-corrected chi connectivity index (χ4v) is 1.20. The quantitative estimate of drug-likeness (QED) is 0.576. The normalized spacial score (nSPS) is 9.47. The summed E-state index contributed by atoms with van der Waals surface area (Å²) in [6.07, 6.45) is 0. The van der Waals surface area contributed by atoms with Crippen LogP contribution in [0.1, 0.15) is 10.4 Å². The largest absolute Gasteiger partial charge is 0.363 e. The SMILES string of the molecule is NC(=O)NOC(=O)c1cc(Cl)nc(Cl)c1. The van der Waals surface area contributed by atoms with Gasteiger partial charge in [-0.1, -0.05) is 23.2 Å². The number of amides is 2. The van der Waals surface area contributed by atoms with Gasteiger partial charge in [0, 0.05) is 0 Å². The zero-order valence-electron chi connectivity index (χ0n) is 7.16. The number of halogens is 2. The molecule has 0 unspecified atom stereocenters. The van der Waals surface area contributed by atoms with Crippen LogP contribution in [0.4, 0.5) is 4.79 Å². The van der Waals surface area contributed by atoms with E-state index in [1.165, 1.54) is 12.1 Å². The molecule has 1 heterocycles. The number of hydroxylamine groups is 1. The van der Waals surface area contributed by atoms with Crippen molar-refractivity contribution in [3.05, 3.63) is 28.0 Å². The summed E-state index contributed by atoms with van der Waals surface area (Å²) < 4.78 is 0. The molecule has 6 nitrogen and oxygen atoms in total. The zero-order chi connectivity index (χ0) is 11.4. The second-order valence-corrected chi connectivity index (χ2v) is 3.13. The minimum absolute atomic E-state index is 0.0357. The molecule has 1 aromatic rings. The number of primary amides is 1. The number of nitrogens with one attached hydrogen (secondary N) is 1. The van der Waals surface area contributed by atoms with Crippen molar-refractivity contribution in [3.63, 3.8) is 0 Å². The van der Waals surface area contributed by atoms with E-state index in [2.05, 4.69) is 15.6 Å². The first-order valence-electron chi connectivity index (χ1n) is 3.59. The Bertz CT molecular complexity index is 390. The smallest absolute Gasteiger partial charge is 0.349 e. The lowest BCUT2D eigenvalue weighted by atomic mass is 10.3. The summed E-state index contributed by atoms with van der Waals surface area (Å²) >= 11 is 11.1. The molecule has 0 aliphatic heterocycles. The topological polar surface area (TPSA) is 94.3 Å². The van der Waals surface area contributed by atoms with Crippen molar-refractivity contribution in [2.24, 2.45) is 5.73 Å². The molecule has 1 aromatic heterocycles. The maximum absolute atomic E-state index is 11.2. The van der Waals surface area contributed by atoms with Crippen molar-refractivity contribution in [3.8, 4) is 0 Å². The fraction of sp³-hybridized carbons (Fsp3) is 0. The first-order chi connectivity index (χ1) is 6.99. The average Bonchev–Trinajstić information content (AvgIpc) is 2.12. The van der Waals surface area contributed by atoms with E-state index in [0.29, 0.717) is 0 Å². The molecule has 2 amide bonds. The van der Waals surface area contributed by atoms with Crippen molar-refractivity contribution in [2.75, 3.05) is 0 Å². The molecular weight excluding hydrogens is 245 g/mol. The van der Waals surface area contributed by atoms with Gasteiger partial charge in [0.05, 0.1) is 5.56 Å². The molecule has 0 spiro atoms. The van der Waals surface area contributed by atoms with Crippen LogP contribution in [0.2, 0.25) is 10.3 Å². The van der Waals surface area contributed by atoms with Gasteiger partial charge in [-0.05, 0) is 12.1 Å². The van der Waals surface area contributed by atoms with Gasteiger partial charge in [0.25, 0.3) is 0 Å². The Morgan fingerprint density at radius 3 is 2.33 bits per heavy atom. The highest BCUT2D eigenvalue weighted by Gasteiger charge is 2.11. The van der Waals surface area contributed by atoms with Crippen molar-refractivity contribution in [1.29, 1.82) is 0 Å². The zero-order valence-corrected chi connectivity index (χ0v) is 8.67. The van der Waals surface area contributed by atoms with E-state index in [0.717, 1.165) is 0 Å². The van der Waals surface area contributed by atoms with Crippen LogP contribution in [0.15, 0.2) is 12.1 Å². The van der Waals surface area contributed by atoms with Crippen LogP contribution in [0.25, 0.3) is 0 Å². The van der Waals surface area contributed by atoms with Gasteiger partial charge in [-0.3, -0.25) is 0 Å². The molecule has 0 aliphatic rings. The van der Waals surface area contributed by atoms with Crippen molar-refractivity contribution < 1.29 is 14.4 Å². The van der Waals surface area contributed by atoms with Gasteiger partial charge >= 0.3 is 12.0 Å². The average molecular weight is 250 g/mol. The van der Waals surface area contributed by atoms with Gasteiger partial charge in [-0.25, -0.2) is 14.6 Å². The van der Waals surface area contributed by atoms with E-state index in [1.54, 1.807) is 5.48 Å². The number of pyridine rings is 1. The Hall–Kier alpha value is -1.53. The van der Waals surface area contributed by atoms with Crippen LogP contribution in [0.5, 0.6) is 0 Å². The number of urea groups is 1. The van der Waals surface area contributed by atoms with E-state index in [-0.39, 0.29) is 15.9 Å². The van der Waals surface area contributed by atoms with Gasteiger partial charge in [0.2, 0.25) is 0 Å². The highest BCUT2D eigenvalue weighted by atomic mass is 35.5. The summed E-state index contributed by atoms with van der Waals surface area (Å²) in [5.41, 5.74) is 6.40. The van der Waals surface area contributed by atoms with Crippen LogP contribution in [-0.4, -0.2) is 17.0 Å². The molecule has 0 atom stereocenters. The van der Waals surface area contributed by atoms with Gasteiger partial charge in [0.15, 0.2) is 0 Å². The van der Waals surface area contributed by atoms with Crippen LogP contribution >= 0.6 is 23.2 Å². The van der Waals surface area contributed by atoms with Crippen LogP contribution in [0, 0.1) is 0 Å². The third kappa shape index (κ3) is 3.61. The van der Waals surface area contributed by atoms with Crippen molar-refractivity contribution >= 4 is 35.2 Å². The molecule has 0 radical (unpaired) electrons. The predicted molar refractivity (Wildman–Crippen MR) is 52.4 cm³/mol. The fourth-order valence-electron chi connectivity index (χ4n) is 0.738. The lowest BCUT2D eigenvalue weighted by Gasteiger charge is -2.03. The first-order valence-corrected chi connectivity index (χ1v) is 4.34. The Balaban J connectivity index is 2.77. The molecule has 0 aromatic carbocycles. The second kappa shape index (κ2) is 4.81. The van der Waals surface area contributed by atoms with Gasteiger partial charge < -0.3 is 10.6 Å². The Kier molecular flexibility index (Phi) is 3.70. The number of hydrogen-bond donors (Lipinski definition) is 2. The van der Waals surface area contributed by atoms with Gasteiger partial charge in [0.1, 0.15) is 10.3 Å². The predicted octanol–water partition coefficient (Wildman–Crippen LogP) is 1.13. The van der Waals surface area contributed by atoms with E-state index >= 15 is 0 Å². The number of carbonyl (C=O) groups excluding carboxylic acids is 2. The van der Waals surface area contributed by atoms with E-state index in [1.807, 2.05) is 0 Å². The molecule has 0 aliphatic carbocycles. The van der Waals surface area contributed by atoms with E-state index < -0.39 is 12.0 Å². The number of aromatic nitrogens is 1. The number of carbonyl (C=O) groups is 2. The number of nitrogens with zero attached hydrogens (tertiary/aromatic N) is 1.